The van der Waals surface area contributed by atoms with Crippen molar-refractivity contribution in [2.45, 2.75) is 110 Å². The van der Waals surface area contributed by atoms with Gasteiger partial charge < -0.3 is 9.64 Å². The van der Waals surface area contributed by atoms with Crippen molar-refractivity contribution in [3.63, 3.8) is 0 Å². The SMILES string of the molecule is Cc1ccc(C2CN(C(C)(C)C)CC2C(=O)N2CCN([C@@H](Cc3ccc4c(c3)CCC4)C(=O)OC(C)(C)C)C[C@@H]2C)cc1. The van der Waals surface area contributed by atoms with E-state index >= 15 is 0 Å². The van der Waals surface area contributed by atoms with Gasteiger partial charge in [-0.2, -0.15) is 0 Å². The van der Waals surface area contributed by atoms with Gasteiger partial charge in [0, 0.05) is 50.2 Å². The van der Waals surface area contributed by atoms with Crippen molar-refractivity contribution < 1.29 is 14.3 Å². The van der Waals surface area contributed by atoms with Crippen LogP contribution in [0.5, 0.6) is 0 Å². The maximum absolute atomic E-state index is 14.3. The number of piperazine rings is 1. The Morgan fingerprint density at radius 3 is 2.26 bits per heavy atom. The van der Waals surface area contributed by atoms with Crippen LogP contribution in [0.3, 0.4) is 0 Å². The summed E-state index contributed by atoms with van der Waals surface area (Å²) in [5.74, 6) is 0.170. The molecule has 0 radical (unpaired) electrons. The van der Waals surface area contributed by atoms with Gasteiger partial charge >= 0.3 is 5.97 Å². The summed E-state index contributed by atoms with van der Waals surface area (Å²) in [5.41, 5.74) is 6.00. The van der Waals surface area contributed by atoms with Crippen LogP contribution in [0, 0.1) is 12.8 Å². The third kappa shape index (κ3) is 7.34. The van der Waals surface area contributed by atoms with Crippen molar-refractivity contribution in [3.8, 4) is 0 Å². The minimum Gasteiger partial charge on any atom is -0.459 e. The summed E-state index contributed by atoms with van der Waals surface area (Å²) < 4.78 is 5.96. The zero-order valence-corrected chi connectivity index (χ0v) is 27.8. The number of esters is 1. The van der Waals surface area contributed by atoms with Gasteiger partial charge in [0.25, 0.3) is 0 Å². The van der Waals surface area contributed by atoms with Crippen molar-refractivity contribution >= 4 is 11.9 Å². The monoisotopic (exact) mass is 587 g/mol. The highest BCUT2D eigenvalue weighted by Gasteiger charge is 2.45. The normalized spacial score (nSPS) is 24.2. The van der Waals surface area contributed by atoms with Crippen LogP contribution >= 0.6 is 0 Å². The average molecular weight is 588 g/mol. The number of nitrogens with zero attached hydrogens (tertiary/aromatic N) is 3. The number of carbonyl (C=O) groups excluding carboxylic acids is 2. The van der Waals surface area contributed by atoms with E-state index in [1.54, 1.807) is 0 Å². The fourth-order valence-corrected chi connectivity index (χ4v) is 7.27. The molecule has 2 heterocycles. The second kappa shape index (κ2) is 12.4. The number of fused-ring (bicyclic) bond motifs is 1. The van der Waals surface area contributed by atoms with E-state index in [0.717, 1.165) is 25.9 Å². The van der Waals surface area contributed by atoms with E-state index in [1.807, 2.05) is 20.8 Å². The minimum atomic E-state index is -0.553. The molecular weight excluding hydrogens is 534 g/mol. The lowest BCUT2D eigenvalue weighted by Crippen LogP contribution is -2.60. The molecule has 43 heavy (non-hydrogen) atoms. The van der Waals surface area contributed by atoms with E-state index in [4.69, 9.17) is 4.74 Å². The maximum Gasteiger partial charge on any atom is 0.324 e. The predicted molar refractivity (Wildman–Crippen MR) is 173 cm³/mol. The van der Waals surface area contributed by atoms with Crippen LogP contribution in [-0.4, -0.2) is 82.5 Å². The van der Waals surface area contributed by atoms with Crippen LogP contribution in [0.4, 0.5) is 0 Å². The molecule has 1 amide bonds. The van der Waals surface area contributed by atoms with Crippen LogP contribution in [0.15, 0.2) is 42.5 Å². The quantitative estimate of drug-likeness (QED) is 0.401. The smallest absolute Gasteiger partial charge is 0.324 e. The van der Waals surface area contributed by atoms with Gasteiger partial charge in [0.15, 0.2) is 0 Å². The summed E-state index contributed by atoms with van der Waals surface area (Å²) in [7, 11) is 0. The molecular formula is C37H53N3O3. The first-order valence-corrected chi connectivity index (χ1v) is 16.4. The number of aryl methyl sites for hydroxylation is 3. The second-order valence-corrected chi connectivity index (χ2v) is 15.3. The Bertz CT molecular complexity index is 1310. The summed E-state index contributed by atoms with van der Waals surface area (Å²) in [4.78, 5) is 34.8. The van der Waals surface area contributed by atoms with Gasteiger partial charge in [-0.3, -0.25) is 19.4 Å². The molecule has 4 atom stereocenters. The minimum absolute atomic E-state index is 0.000481. The molecule has 6 nitrogen and oxygen atoms in total. The number of benzene rings is 2. The molecule has 0 N–H and O–H groups in total. The van der Waals surface area contributed by atoms with Gasteiger partial charge in [0.1, 0.15) is 11.6 Å². The van der Waals surface area contributed by atoms with Gasteiger partial charge in [-0.15, -0.1) is 0 Å². The van der Waals surface area contributed by atoms with Crippen LogP contribution in [0.1, 0.15) is 88.6 Å². The largest absolute Gasteiger partial charge is 0.459 e. The third-order valence-electron chi connectivity index (χ3n) is 9.74. The molecule has 0 saturated carbocycles. The molecule has 3 aliphatic rings. The van der Waals surface area contributed by atoms with Crippen LogP contribution in [0.25, 0.3) is 0 Å². The third-order valence-corrected chi connectivity index (χ3v) is 9.74. The molecule has 234 valence electrons. The van der Waals surface area contributed by atoms with Gasteiger partial charge in [-0.05, 0) is 103 Å². The summed E-state index contributed by atoms with van der Waals surface area (Å²) in [5, 5.41) is 0. The van der Waals surface area contributed by atoms with Gasteiger partial charge in [-0.25, -0.2) is 0 Å². The van der Waals surface area contributed by atoms with Crippen molar-refractivity contribution in [2.75, 3.05) is 32.7 Å². The molecule has 0 bridgehead atoms. The topological polar surface area (TPSA) is 53.1 Å². The maximum atomic E-state index is 14.3. The number of hydrogen-bond acceptors (Lipinski definition) is 5. The van der Waals surface area contributed by atoms with Crippen molar-refractivity contribution in [1.82, 2.24) is 14.7 Å². The Hall–Kier alpha value is -2.70. The number of hydrogen-bond donors (Lipinski definition) is 0. The van der Waals surface area contributed by atoms with Crippen LogP contribution in [0.2, 0.25) is 0 Å². The van der Waals surface area contributed by atoms with Crippen molar-refractivity contribution in [1.29, 1.82) is 0 Å². The fourth-order valence-electron chi connectivity index (χ4n) is 7.27. The van der Waals surface area contributed by atoms with E-state index in [0.29, 0.717) is 26.1 Å². The Labute approximate surface area is 259 Å². The van der Waals surface area contributed by atoms with Gasteiger partial charge in [0.05, 0.1) is 5.92 Å². The lowest BCUT2D eigenvalue weighted by atomic mass is 9.87. The van der Waals surface area contributed by atoms with Crippen molar-refractivity contribution in [3.05, 3.63) is 70.3 Å². The fraction of sp³-hybridized carbons (Fsp3) is 0.622. The van der Waals surface area contributed by atoms with E-state index < -0.39 is 5.60 Å². The zero-order valence-electron chi connectivity index (χ0n) is 27.8. The highest BCUT2D eigenvalue weighted by Crippen LogP contribution is 2.38. The molecule has 6 heteroatoms. The number of ether oxygens (including phenoxy) is 1. The number of likely N-dealkylation sites (tertiary alicyclic amines) is 1. The molecule has 0 spiro atoms. The lowest BCUT2D eigenvalue weighted by molar-refractivity contribution is -0.163. The molecule has 5 rings (SSSR count). The molecule has 0 aromatic heterocycles. The standard InChI is InChI=1S/C37H53N3O3/c1-25-12-15-29(16-13-25)31-23-39(36(3,4)5)24-32(31)34(41)40-19-18-38(22-26(40)2)33(35(42)43-37(6,7)8)21-27-14-17-28-10-9-11-30(28)20-27/h12-17,20,26,31-33H,9-11,18-19,21-24H2,1-8H3/t26-,31?,32?,33-/m0/s1. The first-order chi connectivity index (χ1) is 20.2. The first-order valence-electron chi connectivity index (χ1n) is 16.4. The Morgan fingerprint density at radius 2 is 1.60 bits per heavy atom. The summed E-state index contributed by atoms with van der Waals surface area (Å²) >= 11 is 0. The van der Waals surface area contributed by atoms with Crippen molar-refractivity contribution in [2.24, 2.45) is 5.92 Å². The predicted octanol–water partition coefficient (Wildman–Crippen LogP) is 5.78. The molecule has 2 fully saturated rings. The van der Waals surface area contributed by atoms with Crippen LogP contribution < -0.4 is 0 Å². The highest BCUT2D eigenvalue weighted by molar-refractivity contribution is 5.81. The van der Waals surface area contributed by atoms with E-state index in [2.05, 4.69) is 91.8 Å². The van der Waals surface area contributed by atoms with E-state index in [9.17, 15) is 9.59 Å². The molecule has 2 unspecified atom stereocenters. The lowest BCUT2D eigenvalue weighted by Gasteiger charge is -2.44. The van der Waals surface area contributed by atoms with Gasteiger partial charge in [0.2, 0.25) is 5.91 Å². The number of carbonyl (C=O) groups is 2. The number of rotatable bonds is 6. The molecule has 2 aromatic rings. The molecule has 1 aliphatic carbocycles. The highest BCUT2D eigenvalue weighted by atomic mass is 16.6. The second-order valence-electron chi connectivity index (χ2n) is 15.3. The zero-order chi connectivity index (χ0) is 31.1. The molecule has 2 saturated heterocycles. The molecule has 2 aromatic carbocycles. The summed E-state index contributed by atoms with van der Waals surface area (Å²) in [6.45, 7) is 20.4. The molecule has 2 aliphatic heterocycles. The van der Waals surface area contributed by atoms with Gasteiger partial charge in [-0.1, -0.05) is 48.0 Å². The van der Waals surface area contributed by atoms with E-state index in [1.165, 1.54) is 34.2 Å². The Morgan fingerprint density at radius 1 is 0.907 bits per heavy atom. The first kappa shape index (κ1) is 31.7. The summed E-state index contributed by atoms with van der Waals surface area (Å²) in [6.07, 6.45) is 4.11. The Kier molecular flexibility index (Phi) is 9.12. The summed E-state index contributed by atoms with van der Waals surface area (Å²) in [6, 6.07) is 15.1. The van der Waals surface area contributed by atoms with E-state index in [-0.39, 0.29) is 41.3 Å². The average Bonchev–Trinajstić information content (AvgIpc) is 3.58. The Balaban J connectivity index is 1.33. The number of amides is 1. The van der Waals surface area contributed by atoms with Crippen LogP contribution in [-0.2, 0) is 33.6 Å².